The number of hydrogen-bond donors (Lipinski definition) is 2. The fourth-order valence-corrected chi connectivity index (χ4v) is 11.5. The molecule has 2 aliphatic rings. The summed E-state index contributed by atoms with van der Waals surface area (Å²) in [6.45, 7) is 25.4. The first-order chi connectivity index (χ1) is 27.3. The lowest BCUT2D eigenvalue weighted by Crippen LogP contribution is -2.40. The van der Waals surface area contributed by atoms with Crippen molar-refractivity contribution in [1.29, 1.82) is 0 Å². The van der Waals surface area contributed by atoms with Gasteiger partial charge >= 0.3 is 0 Å². The van der Waals surface area contributed by atoms with Crippen LogP contribution in [0.4, 0.5) is 0 Å². The largest absolute Gasteiger partial charge is 0.504 e. The number of benzene rings is 2. The molecular weight excluding hydrogens is 729 g/mol. The van der Waals surface area contributed by atoms with Gasteiger partial charge in [0, 0.05) is 22.6 Å². The van der Waals surface area contributed by atoms with Gasteiger partial charge in [0.15, 0.2) is 35.6 Å². The van der Waals surface area contributed by atoms with Crippen molar-refractivity contribution in [2.24, 2.45) is 34.0 Å². The Kier molecular flexibility index (Phi) is 13.8. The summed E-state index contributed by atoms with van der Waals surface area (Å²) in [4.78, 5) is 23.3. The van der Waals surface area contributed by atoms with Crippen LogP contribution < -0.4 is 9.47 Å². The molecule has 2 fully saturated rings. The number of methoxy groups -OCH3 is 2. The van der Waals surface area contributed by atoms with Crippen molar-refractivity contribution in [3.63, 3.8) is 0 Å². The number of furan rings is 2. The van der Waals surface area contributed by atoms with Crippen molar-refractivity contribution in [1.82, 2.24) is 0 Å². The van der Waals surface area contributed by atoms with E-state index < -0.39 is 5.75 Å². The summed E-state index contributed by atoms with van der Waals surface area (Å²) >= 11 is 0. The molecule has 8 heteroatoms. The molecule has 2 aliphatic carbocycles. The Bertz CT molecular complexity index is 2060. The van der Waals surface area contributed by atoms with E-state index >= 15 is 0 Å². The van der Waals surface area contributed by atoms with Crippen LogP contribution in [0.25, 0.3) is 21.9 Å². The van der Waals surface area contributed by atoms with Gasteiger partial charge in [-0.1, -0.05) is 81.6 Å². The molecule has 320 valence electrons. The minimum atomic E-state index is -0.411. The van der Waals surface area contributed by atoms with Crippen molar-refractivity contribution in [2.75, 3.05) is 14.2 Å². The van der Waals surface area contributed by atoms with Crippen LogP contribution in [0.15, 0.2) is 21.0 Å². The number of hydrogen-bond acceptors (Lipinski definition) is 8. The molecular formula is C50H72O8. The maximum absolute atomic E-state index is 11.8. The number of aldehydes is 2. The number of rotatable bonds is 13. The van der Waals surface area contributed by atoms with Gasteiger partial charge in [-0.15, -0.1) is 0 Å². The van der Waals surface area contributed by atoms with Crippen molar-refractivity contribution >= 4 is 34.5 Å². The minimum absolute atomic E-state index is 0.0266. The standard InChI is InChI=1S/2C25H36O4/c1-15-9-8-12-25(4,5)20(15)11-10-16(2)22-17(3)18-13-21(27-6)24(28-7)19(14-26)23(18)29-22;1-7-16(9-10-20-24(3,4)11-8-12-25(20,5)6)22-15(2)17-13-19(27)21(28)18(14-26)23(17)29-22/h13-16,20H,8-12H2,1-7H3;13-14,16,20,27-28H,7-12H2,1-6H3/t15?,16-,20?;16-/m11/s1. The van der Waals surface area contributed by atoms with Crippen LogP contribution >= 0.6 is 0 Å². The van der Waals surface area contributed by atoms with Crippen LogP contribution in [0, 0.1) is 47.8 Å². The molecule has 4 atom stereocenters. The third kappa shape index (κ3) is 8.68. The average Bonchev–Trinajstić information content (AvgIpc) is 3.67. The average molecular weight is 801 g/mol. The van der Waals surface area contributed by atoms with Gasteiger partial charge in [-0.3, -0.25) is 9.59 Å². The molecule has 8 nitrogen and oxygen atoms in total. The predicted octanol–water partition coefficient (Wildman–Crippen LogP) is 14.0. The molecule has 2 heterocycles. The molecule has 0 radical (unpaired) electrons. The maximum Gasteiger partial charge on any atom is 0.175 e. The number of ether oxygens (including phenoxy) is 2. The van der Waals surface area contributed by atoms with E-state index in [-0.39, 0.29) is 17.2 Å². The number of phenolic OH excluding ortho intramolecular Hbond substituents is 2. The monoisotopic (exact) mass is 801 g/mol. The first kappa shape index (κ1) is 45.1. The lowest BCUT2D eigenvalue weighted by Gasteiger charge is -2.50. The molecule has 2 N–H and O–H groups in total. The van der Waals surface area contributed by atoms with E-state index in [2.05, 4.69) is 69.2 Å². The SMILES string of the molecule is CC[C@H](CCC1C(C)(C)CCCC1(C)C)c1oc2c(C=O)c(O)c(O)cc2c1C.COc1cc2c(C)c([C@H](C)CCC3C(C)CCCC3(C)C)oc2c(C=O)c1OC. The van der Waals surface area contributed by atoms with Gasteiger partial charge in [0.05, 0.1) is 14.2 Å². The van der Waals surface area contributed by atoms with Crippen LogP contribution in [0.5, 0.6) is 23.0 Å². The van der Waals surface area contributed by atoms with Gasteiger partial charge in [-0.2, -0.15) is 0 Å². The van der Waals surface area contributed by atoms with E-state index in [4.69, 9.17) is 18.3 Å². The second-order valence-electron chi connectivity index (χ2n) is 19.9. The number of fused-ring (bicyclic) bond motifs is 2. The van der Waals surface area contributed by atoms with E-state index in [1.165, 1.54) is 51.0 Å². The lowest BCUT2D eigenvalue weighted by molar-refractivity contribution is 0.00564. The number of carbonyl (C=O) groups excluding carboxylic acids is 2. The normalized spacial score (nSPS) is 21.3. The number of phenols is 2. The van der Waals surface area contributed by atoms with Gasteiger partial charge in [-0.05, 0) is 122 Å². The number of aryl methyl sites for hydroxylation is 2. The summed E-state index contributed by atoms with van der Waals surface area (Å²) in [6.07, 6.45) is 14.6. The molecule has 0 saturated heterocycles. The Balaban J connectivity index is 0.000000221. The lowest BCUT2D eigenvalue weighted by atomic mass is 9.55. The molecule has 2 aromatic heterocycles. The Morgan fingerprint density at radius 2 is 1.36 bits per heavy atom. The fourth-order valence-electron chi connectivity index (χ4n) is 11.5. The van der Waals surface area contributed by atoms with E-state index in [0.717, 1.165) is 71.8 Å². The Labute approximate surface area is 347 Å². The minimum Gasteiger partial charge on any atom is -0.504 e. The van der Waals surface area contributed by atoms with Crippen molar-refractivity contribution < 1.29 is 38.1 Å². The summed E-state index contributed by atoms with van der Waals surface area (Å²) in [7, 11) is 3.13. The topological polar surface area (TPSA) is 119 Å². The van der Waals surface area contributed by atoms with Gasteiger partial charge < -0.3 is 28.5 Å². The van der Waals surface area contributed by atoms with Crippen LogP contribution in [0.2, 0.25) is 0 Å². The molecule has 2 unspecified atom stereocenters. The highest BCUT2D eigenvalue weighted by Gasteiger charge is 2.43. The molecule has 0 amide bonds. The highest BCUT2D eigenvalue weighted by Crippen LogP contribution is 2.54. The van der Waals surface area contributed by atoms with Gasteiger partial charge in [0.1, 0.15) is 33.8 Å². The third-order valence-electron chi connectivity index (χ3n) is 14.9. The first-order valence-electron chi connectivity index (χ1n) is 21.8. The van der Waals surface area contributed by atoms with Gasteiger partial charge in [-0.25, -0.2) is 0 Å². The molecule has 2 aromatic carbocycles. The molecule has 58 heavy (non-hydrogen) atoms. The van der Waals surface area contributed by atoms with Crippen LogP contribution in [0.3, 0.4) is 0 Å². The van der Waals surface area contributed by atoms with Crippen molar-refractivity contribution in [3.8, 4) is 23.0 Å². The fraction of sp³-hybridized carbons (Fsp3) is 0.640. The summed E-state index contributed by atoms with van der Waals surface area (Å²) in [5, 5.41) is 21.7. The predicted molar refractivity (Wildman–Crippen MR) is 234 cm³/mol. The zero-order valence-corrected chi connectivity index (χ0v) is 37.8. The summed E-state index contributed by atoms with van der Waals surface area (Å²) in [5.74, 6) is 4.86. The third-order valence-corrected chi connectivity index (χ3v) is 14.9. The van der Waals surface area contributed by atoms with Crippen LogP contribution in [-0.2, 0) is 0 Å². The Morgan fingerprint density at radius 1 is 0.793 bits per heavy atom. The van der Waals surface area contributed by atoms with E-state index in [1.54, 1.807) is 14.2 Å². The zero-order chi connectivity index (χ0) is 42.9. The highest BCUT2D eigenvalue weighted by atomic mass is 16.5. The molecule has 0 spiro atoms. The first-order valence-corrected chi connectivity index (χ1v) is 21.8. The van der Waals surface area contributed by atoms with Crippen molar-refractivity contribution in [3.05, 3.63) is 45.9 Å². The van der Waals surface area contributed by atoms with Crippen molar-refractivity contribution in [2.45, 2.75) is 159 Å². The molecule has 4 aromatic rings. The summed E-state index contributed by atoms with van der Waals surface area (Å²) < 4.78 is 23.3. The molecule has 0 aliphatic heterocycles. The Morgan fingerprint density at radius 3 is 1.93 bits per heavy atom. The van der Waals surface area contributed by atoms with E-state index in [0.29, 0.717) is 68.0 Å². The summed E-state index contributed by atoms with van der Waals surface area (Å²) in [5.41, 5.74) is 4.55. The smallest absolute Gasteiger partial charge is 0.175 e. The molecule has 6 rings (SSSR count). The van der Waals surface area contributed by atoms with Crippen LogP contribution in [-0.4, -0.2) is 37.0 Å². The quantitative estimate of drug-likeness (QED) is 0.101. The van der Waals surface area contributed by atoms with E-state index in [1.807, 2.05) is 13.0 Å². The number of aromatic hydroxyl groups is 2. The second-order valence-corrected chi connectivity index (χ2v) is 19.9. The summed E-state index contributed by atoms with van der Waals surface area (Å²) in [6, 6.07) is 3.42. The molecule has 0 bridgehead atoms. The molecule has 2 saturated carbocycles. The second kappa shape index (κ2) is 17.7. The van der Waals surface area contributed by atoms with Crippen LogP contribution in [0.1, 0.15) is 188 Å². The highest BCUT2D eigenvalue weighted by molar-refractivity contribution is 6.02. The van der Waals surface area contributed by atoms with Gasteiger partial charge in [0.25, 0.3) is 0 Å². The zero-order valence-electron chi connectivity index (χ0n) is 37.8. The Hall–Kier alpha value is -3.94. The van der Waals surface area contributed by atoms with E-state index in [9.17, 15) is 19.8 Å². The van der Waals surface area contributed by atoms with Gasteiger partial charge in [0.2, 0.25) is 0 Å². The number of carbonyl (C=O) groups is 2. The maximum atomic E-state index is 11.8.